The van der Waals surface area contributed by atoms with Gasteiger partial charge in [-0.3, -0.25) is 10.1 Å². The minimum atomic E-state index is -0.0569. The van der Waals surface area contributed by atoms with Crippen LogP contribution in [-0.2, 0) is 4.79 Å². The highest BCUT2D eigenvalue weighted by Gasteiger charge is 2.31. The van der Waals surface area contributed by atoms with Gasteiger partial charge in [-0.2, -0.15) is 0 Å². The van der Waals surface area contributed by atoms with E-state index in [-0.39, 0.29) is 11.8 Å². The molecule has 1 atom stereocenters. The maximum absolute atomic E-state index is 11.7. The molecule has 92 valence electrons. The predicted molar refractivity (Wildman–Crippen MR) is 67.8 cm³/mol. The number of carbonyl (C=O) groups excluding carboxylic acids is 1. The van der Waals surface area contributed by atoms with Crippen LogP contribution in [0.2, 0.25) is 5.02 Å². The largest absolute Gasteiger partial charge is 0.338 e. The average Bonchev–Trinajstić information content (AvgIpc) is 2.71. The third-order valence-electron chi connectivity index (χ3n) is 3.17. The monoisotopic (exact) mass is 262 g/mol. The van der Waals surface area contributed by atoms with Gasteiger partial charge in [0.05, 0.1) is 5.69 Å². The number of fused-ring (bicyclic) bond motifs is 1. The lowest BCUT2D eigenvalue weighted by molar-refractivity contribution is -0.116. The summed E-state index contributed by atoms with van der Waals surface area (Å²) in [6.45, 7) is 1.88. The molecule has 2 heterocycles. The van der Waals surface area contributed by atoms with E-state index in [9.17, 15) is 4.79 Å². The summed E-state index contributed by atoms with van der Waals surface area (Å²) < 4.78 is 5.12. The molecule has 0 radical (unpaired) electrons. The molecule has 0 fully saturated rings. The Morgan fingerprint density at radius 2 is 2.11 bits per heavy atom. The Morgan fingerprint density at radius 3 is 2.83 bits per heavy atom. The van der Waals surface area contributed by atoms with Crippen molar-refractivity contribution < 1.29 is 9.32 Å². The highest BCUT2D eigenvalue weighted by molar-refractivity contribution is 6.30. The summed E-state index contributed by atoms with van der Waals surface area (Å²) in [6, 6.07) is 7.52. The van der Waals surface area contributed by atoms with E-state index in [1.165, 1.54) is 0 Å². The predicted octanol–water partition coefficient (Wildman–Crippen LogP) is 3.11. The molecule has 18 heavy (non-hydrogen) atoms. The van der Waals surface area contributed by atoms with Gasteiger partial charge in [-0.1, -0.05) is 28.9 Å². The molecular formula is C13H11ClN2O2. The van der Waals surface area contributed by atoms with E-state index in [0.717, 1.165) is 16.8 Å². The number of nitrogens with zero attached hydrogens (tertiary/aromatic N) is 1. The molecule has 5 heteroatoms. The first-order chi connectivity index (χ1) is 8.65. The molecule has 0 saturated carbocycles. The van der Waals surface area contributed by atoms with E-state index in [4.69, 9.17) is 16.1 Å². The number of carbonyl (C=O) groups is 1. The van der Waals surface area contributed by atoms with Crippen molar-refractivity contribution in [3.05, 3.63) is 46.1 Å². The second-order valence-corrected chi connectivity index (χ2v) is 4.80. The molecule has 1 unspecified atom stereocenters. The molecule has 1 N–H and O–H groups in total. The molecule has 1 amide bonds. The first-order valence-corrected chi connectivity index (χ1v) is 6.04. The SMILES string of the molecule is Cc1noc2c1C(c1ccc(Cl)cc1)CC(=O)N2. The summed E-state index contributed by atoms with van der Waals surface area (Å²) in [4.78, 5) is 11.7. The van der Waals surface area contributed by atoms with Gasteiger partial charge in [-0.25, -0.2) is 0 Å². The van der Waals surface area contributed by atoms with Crippen LogP contribution in [0.25, 0.3) is 0 Å². The molecule has 1 aliphatic heterocycles. The fourth-order valence-electron chi connectivity index (χ4n) is 2.32. The van der Waals surface area contributed by atoms with Crippen molar-refractivity contribution in [3.63, 3.8) is 0 Å². The lowest BCUT2D eigenvalue weighted by atomic mass is 9.86. The van der Waals surface area contributed by atoms with Crippen LogP contribution in [0.4, 0.5) is 5.88 Å². The fraction of sp³-hybridized carbons (Fsp3) is 0.231. The van der Waals surface area contributed by atoms with Crippen molar-refractivity contribution in [2.45, 2.75) is 19.3 Å². The Morgan fingerprint density at radius 1 is 1.39 bits per heavy atom. The van der Waals surface area contributed by atoms with Crippen molar-refractivity contribution in [1.29, 1.82) is 0 Å². The zero-order valence-corrected chi connectivity index (χ0v) is 10.5. The van der Waals surface area contributed by atoms with Crippen molar-refractivity contribution in [3.8, 4) is 0 Å². The van der Waals surface area contributed by atoms with Crippen LogP contribution in [0.15, 0.2) is 28.8 Å². The van der Waals surface area contributed by atoms with E-state index in [0.29, 0.717) is 17.3 Å². The Labute approximate surface area is 109 Å². The molecular weight excluding hydrogens is 252 g/mol. The standard InChI is InChI=1S/C13H11ClN2O2/c1-7-12-10(8-2-4-9(14)5-3-8)6-11(17)15-13(12)18-16-7/h2-5,10H,6H2,1H3,(H,15,17). The third kappa shape index (κ3) is 1.78. The average molecular weight is 263 g/mol. The van der Waals surface area contributed by atoms with E-state index in [1.54, 1.807) is 0 Å². The van der Waals surface area contributed by atoms with Crippen LogP contribution in [0.1, 0.15) is 29.2 Å². The number of nitrogens with one attached hydrogen (secondary N) is 1. The Hall–Kier alpha value is -1.81. The van der Waals surface area contributed by atoms with Gasteiger partial charge >= 0.3 is 0 Å². The number of halogens is 1. The Balaban J connectivity index is 2.09. The molecule has 0 bridgehead atoms. The van der Waals surface area contributed by atoms with E-state index in [2.05, 4.69) is 10.5 Å². The zero-order valence-electron chi connectivity index (χ0n) is 9.74. The highest BCUT2D eigenvalue weighted by atomic mass is 35.5. The maximum Gasteiger partial charge on any atom is 0.235 e. The second-order valence-electron chi connectivity index (χ2n) is 4.37. The number of anilines is 1. The summed E-state index contributed by atoms with van der Waals surface area (Å²) in [5.74, 6) is 0.388. The summed E-state index contributed by atoms with van der Waals surface area (Å²) >= 11 is 5.88. The molecule has 1 aromatic carbocycles. The number of aryl methyl sites for hydroxylation is 1. The van der Waals surface area contributed by atoms with Gasteiger partial charge in [0.1, 0.15) is 0 Å². The van der Waals surface area contributed by atoms with Gasteiger partial charge in [0.2, 0.25) is 11.8 Å². The number of rotatable bonds is 1. The number of hydrogen-bond donors (Lipinski definition) is 1. The van der Waals surface area contributed by atoms with Crippen LogP contribution >= 0.6 is 11.6 Å². The lowest BCUT2D eigenvalue weighted by Gasteiger charge is -2.21. The van der Waals surface area contributed by atoms with Crippen LogP contribution in [0.3, 0.4) is 0 Å². The molecule has 0 spiro atoms. The Kier molecular flexibility index (Phi) is 2.59. The fourth-order valence-corrected chi connectivity index (χ4v) is 2.45. The topological polar surface area (TPSA) is 55.1 Å². The number of hydrogen-bond acceptors (Lipinski definition) is 3. The first kappa shape index (κ1) is 11.3. The van der Waals surface area contributed by atoms with E-state index < -0.39 is 0 Å². The lowest BCUT2D eigenvalue weighted by Crippen LogP contribution is -2.22. The summed E-state index contributed by atoms with van der Waals surface area (Å²) in [5.41, 5.74) is 2.81. The van der Waals surface area contributed by atoms with Crippen LogP contribution < -0.4 is 5.32 Å². The van der Waals surface area contributed by atoms with E-state index >= 15 is 0 Å². The molecule has 3 rings (SSSR count). The quantitative estimate of drug-likeness (QED) is 0.859. The molecule has 1 aliphatic rings. The summed E-state index contributed by atoms with van der Waals surface area (Å²) in [7, 11) is 0. The smallest absolute Gasteiger partial charge is 0.235 e. The minimum Gasteiger partial charge on any atom is -0.338 e. The number of aromatic nitrogens is 1. The van der Waals surface area contributed by atoms with Gasteiger partial charge in [-0.05, 0) is 24.6 Å². The second kappa shape index (κ2) is 4.14. The zero-order chi connectivity index (χ0) is 12.7. The van der Waals surface area contributed by atoms with Crippen LogP contribution in [-0.4, -0.2) is 11.1 Å². The molecule has 2 aromatic rings. The van der Waals surface area contributed by atoms with Gasteiger partial charge in [0.25, 0.3) is 0 Å². The summed E-state index contributed by atoms with van der Waals surface area (Å²) in [5, 5.41) is 7.29. The maximum atomic E-state index is 11.7. The van der Waals surface area contributed by atoms with Crippen LogP contribution in [0.5, 0.6) is 0 Å². The van der Waals surface area contributed by atoms with Crippen LogP contribution in [0, 0.1) is 6.92 Å². The molecule has 0 saturated heterocycles. The first-order valence-electron chi connectivity index (χ1n) is 5.66. The minimum absolute atomic E-state index is 0.0164. The van der Waals surface area contributed by atoms with Gasteiger partial charge in [0.15, 0.2) is 0 Å². The summed E-state index contributed by atoms with van der Waals surface area (Å²) in [6.07, 6.45) is 0.399. The molecule has 4 nitrogen and oxygen atoms in total. The van der Waals surface area contributed by atoms with Gasteiger partial charge < -0.3 is 4.52 Å². The Bertz CT molecular complexity index is 604. The molecule has 1 aromatic heterocycles. The van der Waals surface area contributed by atoms with Crippen molar-refractivity contribution in [1.82, 2.24) is 5.16 Å². The number of benzene rings is 1. The normalized spacial score (nSPS) is 18.3. The van der Waals surface area contributed by atoms with Crippen molar-refractivity contribution in [2.24, 2.45) is 0 Å². The van der Waals surface area contributed by atoms with Gasteiger partial charge in [0, 0.05) is 22.9 Å². The van der Waals surface area contributed by atoms with Crippen molar-refractivity contribution in [2.75, 3.05) is 5.32 Å². The number of amides is 1. The van der Waals surface area contributed by atoms with Crippen molar-refractivity contribution >= 4 is 23.4 Å². The third-order valence-corrected chi connectivity index (χ3v) is 3.42. The van der Waals surface area contributed by atoms with E-state index in [1.807, 2.05) is 31.2 Å². The highest BCUT2D eigenvalue weighted by Crippen LogP contribution is 2.39. The van der Waals surface area contributed by atoms with Gasteiger partial charge in [-0.15, -0.1) is 0 Å². The molecule has 0 aliphatic carbocycles.